The number of pyridine rings is 1. The summed E-state index contributed by atoms with van der Waals surface area (Å²) in [5, 5.41) is 18.9. The Bertz CT molecular complexity index is 1400. The zero-order chi connectivity index (χ0) is 26.4. The van der Waals surface area contributed by atoms with Gasteiger partial charge in [0.1, 0.15) is 5.69 Å². The highest BCUT2D eigenvalue weighted by Crippen LogP contribution is 2.32. The van der Waals surface area contributed by atoms with Gasteiger partial charge in [0.05, 0.1) is 16.8 Å². The molecule has 0 atom stereocenters. The molecule has 190 valence electrons. The molecule has 2 aromatic heterocycles. The molecule has 0 unspecified atom stereocenters. The molecule has 3 aromatic rings. The molecule has 0 saturated carbocycles. The smallest absolute Gasteiger partial charge is 0.435 e. The first-order valence-corrected chi connectivity index (χ1v) is 12.2. The maximum Gasteiger partial charge on any atom is 0.435 e. The number of carbonyl (C=O) groups excluding carboxylic acids is 2. The highest BCUT2D eigenvalue weighted by molar-refractivity contribution is 7.86. The molecule has 0 spiro atoms. The van der Waals surface area contributed by atoms with Crippen LogP contribution >= 0.6 is 11.6 Å². The largest absolute Gasteiger partial charge is 0.504 e. The molecule has 3 heterocycles. The molecule has 0 bridgehead atoms. The van der Waals surface area contributed by atoms with Gasteiger partial charge < -0.3 is 15.7 Å². The fourth-order valence-corrected chi connectivity index (χ4v) is 5.50. The number of aromatic nitrogens is 3. The lowest BCUT2D eigenvalue weighted by molar-refractivity contribution is -0.141. The number of halogens is 4. The minimum Gasteiger partial charge on any atom is -0.504 e. The Balaban J connectivity index is 1.73. The molecular formula is C22H19ClF3N5O4S. The number of alkyl halides is 3. The third-order valence-electron chi connectivity index (χ3n) is 5.36. The highest BCUT2D eigenvalue weighted by Gasteiger charge is 2.40. The van der Waals surface area contributed by atoms with E-state index in [2.05, 4.69) is 20.7 Å². The van der Waals surface area contributed by atoms with Crippen LogP contribution in [0.3, 0.4) is 0 Å². The van der Waals surface area contributed by atoms with Crippen molar-refractivity contribution in [1.29, 1.82) is 0 Å². The molecule has 1 aromatic carbocycles. The van der Waals surface area contributed by atoms with E-state index in [4.69, 9.17) is 11.6 Å². The molecule has 1 saturated heterocycles. The van der Waals surface area contributed by atoms with Crippen LogP contribution in [-0.4, -0.2) is 52.9 Å². The molecular weight excluding hydrogens is 523 g/mol. The van der Waals surface area contributed by atoms with Crippen LogP contribution in [0.1, 0.15) is 39.0 Å². The number of rotatable bonds is 5. The normalized spacial score (nSPS) is 19.4. The Kier molecular flexibility index (Phi) is 6.56. The lowest BCUT2D eigenvalue weighted by Crippen LogP contribution is -2.61. The molecule has 3 N–H and O–H groups in total. The number of aromatic hydroxyl groups is 1. The lowest BCUT2D eigenvalue weighted by Gasteiger charge is -2.38. The van der Waals surface area contributed by atoms with Gasteiger partial charge in [-0.2, -0.15) is 18.3 Å². The first-order chi connectivity index (χ1) is 16.8. The summed E-state index contributed by atoms with van der Waals surface area (Å²) in [5.41, 5.74) is -2.33. The second-order valence-electron chi connectivity index (χ2n) is 8.51. The molecule has 1 aliphatic rings. The van der Waals surface area contributed by atoms with Crippen molar-refractivity contribution in [2.75, 3.05) is 16.8 Å². The van der Waals surface area contributed by atoms with Gasteiger partial charge in [0, 0.05) is 39.6 Å². The van der Waals surface area contributed by atoms with Crippen LogP contribution in [0.15, 0.2) is 36.5 Å². The summed E-state index contributed by atoms with van der Waals surface area (Å²) in [6.45, 7) is 3.28. The van der Waals surface area contributed by atoms with Crippen LogP contribution < -0.4 is 10.6 Å². The van der Waals surface area contributed by atoms with Crippen LogP contribution in [0, 0.1) is 6.92 Å². The third-order valence-corrected chi connectivity index (χ3v) is 7.49. The summed E-state index contributed by atoms with van der Waals surface area (Å²) in [7, 11) is -1.05. The molecule has 1 aliphatic heterocycles. The van der Waals surface area contributed by atoms with Crippen LogP contribution in [-0.2, 0) is 17.0 Å². The van der Waals surface area contributed by atoms with Crippen LogP contribution in [0.5, 0.6) is 5.75 Å². The van der Waals surface area contributed by atoms with E-state index in [1.165, 1.54) is 30.5 Å². The van der Waals surface area contributed by atoms with Gasteiger partial charge in [-0.15, -0.1) is 0 Å². The molecule has 2 amide bonds. The summed E-state index contributed by atoms with van der Waals surface area (Å²) in [5.74, 6) is -2.03. The number of anilines is 1. The zero-order valence-corrected chi connectivity index (χ0v) is 20.4. The fourth-order valence-electron chi connectivity index (χ4n) is 3.74. The van der Waals surface area contributed by atoms with E-state index in [-0.39, 0.29) is 27.8 Å². The second-order valence-corrected chi connectivity index (χ2v) is 10.4. The van der Waals surface area contributed by atoms with E-state index in [9.17, 15) is 32.1 Å². The van der Waals surface area contributed by atoms with Crippen molar-refractivity contribution in [2.45, 2.75) is 25.6 Å². The quantitative estimate of drug-likeness (QED) is 0.454. The van der Waals surface area contributed by atoms with Gasteiger partial charge >= 0.3 is 6.18 Å². The van der Waals surface area contributed by atoms with E-state index >= 15 is 0 Å². The van der Waals surface area contributed by atoms with Gasteiger partial charge in [-0.05, 0) is 43.7 Å². The van der Waals surface area contributed by atoms with Crippen LogP contribution in [0.4, 0.5) is 18.9 Å². The lowest BCUT2D eigenvalue weighted by atomic mass is 10.0. The monoisotopic (exact) mass is 541 g/mol. The van der Waals surface area contributed by atoms with Crippen LogP contribution in [0.25, 0.3) is 5.82 Å². The van der Waals surface area contributed by atoms with Gasteiger partial charge in [-0.3, -0.25) is 13.8 Å². The van der Waals surface area contributed by atoms with Crippen molar-refractivity contribution >= 4 is 39.9 Å². The fraction of sp³-hybridized carbons (Fsp3) is 0.273. The summed E-state index contributed by atoms with van der Waals surface area (Å²) in [6.07, 6.45) is -3.67. The van der Waals surface area contributed by atoms with Crippen molar-refractivity contribution in [3.63, 3.8) is 0 Å². The molecule has 36 heavy (non-hydrogen) atoms. The van der Waals surface area contributed by atoms with Gasteiger partial charge in [-0.25, -0.2) is 9.67 Å². The Morgan fingerprint density at radius 2 is 1.92 bits per heavy atom. The number of carbonyl (C=O) groups is 2. The van der Waals surface area contributed by atoms with Crippen LogP contribution in [0.2, 0.25) is 5.02 Å². The Hall–Kier alpha value is -3.45. The average Bonchev–Trinajstić information content (AvgIpc) is 3.20. The summed E-state index contributed by atoms with van der Waals surface area (Å²) in [4.78, 5) is 30.1. The Morgan fingerprint density at radius 3 is 2.53 bits per heavy atom. The van der Waals surface area contributed by atoms with Crippen molar-refractivity contribution in [3.05, 3.63) is 64.1 Å². The van der Waals surface area contributed by atoms with Crippen molar-refractivity contribution in [3.8, 4) is 11.6 Å². The first-order valence-electron chi connectivity index (χ1n) is 10.4. The van der Waals surface area contributed by atoms with E-state index < -0.39 is 57.3 Å². The number of hydrogen-bond acceptors (Lipinski definition) is 6. The first kappa shape index (κ1) is 25.6. The highest BCUT2D eigenvalue weighted by atomic mass is 35.5. The predicted molar refractivity (Wildman–Crippen MR) is 126 cm³/mol. The number of nitrogens with one attached hydrogen (secondary N) is 2. The van der Waals surface area contributed by atoms with Crippen molar-refractivity contribution < 1.29 is 32.1 Å². The summed E-state index contributed by atoms with van der Waals surface area (Å²) >= 11 is 6.12. The van der Waals surface area contributed by atoms with E-state index in [1.54, 1.807) is 13.8 Å². The number of hydrogen-bond donors (Lipinski definition) is 3. The van der Waals surface area contributed by atoms with E-state index in [1.807, 2.05) is 0 Å². The van der Waals surface area contributed by atoms with Crippen molar-refractivity contribution in [2.24, 2.45) is 0 Å². The number of benzene rings is 1. The standard InChI is InChI=1S/C22H19ClF3N5O4S/c1-11-6-12(23)7-13(19(33)29-21(2)9-36(35)10-21)17(11)28-20(34)14-8-16(22(24,25)26)30-31(14)18-15(32)4-3-5-27-18/h3-8,32H,9-10H2,1-2H3,(H,28,34)(H,29,33). The maximum absolute atomic E-state index is 13.4. The molecule has 4 rings (SSSR count). The van der Waals surface area contributed by atoms with Gasteiger partial charge in [0.2, 0.25) is 0 Å². The van der Waals surface area contributed by atoms with E-state index in [0.29, 0.717) is 16.3 Å². The predicted octanol–water partition coefficient (Wildman–Crippen LogP) is 3.46. The SMILES string of the molecule is Cc1cc(Cl)cc(C(=O)NC2(C)CS(=O)C2)c1NC(=O)c1cc(C(F)(F)F)nn1-c1ncccc1O. The number of aryl methyl sites for hydroxylation is 1. The number of amides is 2. The Labute approximate surface area is 210 Å². The average molecular weight is 542 g/mol. The van der Waals surface area contributed by atoms with Gasteiger partial charge in [0.15, 0.2) is 17.3 Å². The summed E-state index contributed by atoms with van der Waals surface area (Å²) in [6, 6.07) is 5.82. The molecule has 1 fully saturated rings. The van der Waals surface area contributed by atoms with Gasteiger partial charge in [0.25, 0.3) is 11.8 Å². The topological polar surface area (TPSA) is 126 Å². The minimum absolute atomic E-state index is 0.0116. The second kappa shape index (κ2) is 9.21. The third kappa shape index (κ3) is 5.07. The molecule has 0 radical (unpaired) electrons. The molecule has 0 aliphatic carbocycles. The minimum atomic E-state index is -4.88. The Morgan fingerprint density at radius 1 is 1.22 bits per heavy atom. The molecule has 9 nitrogen and oxygen atoms in total. The van der Waals surface area contributed by atoms with E-state index in [0.717, 1.165) is 0 Å². The molecule has 14 heteroatoms. The van der Waals surface area contributed by atoms with Gasteiger partial charge in [-0.1, -0.05) is 11.6 Å². The number of nitrogens with zero attached hydrogens (tertiary/aromatic N) is 3. The zero-order valence-electron chi connectivity index (χ0n) is 18.8. The maximum atomic E-state index is 13.4. The summed E-state index contributed by atoms with van der Waals surface area (Å²) < 4.78 is 52.3. The van der Waals surface area contributed by atoms with Crippen molar-refractivity contribution in [1.82, 2.24) is 20.1 Å².